The molecule has 0 bridgehead atoms. The molecule has 2 saturated heterocycles. The fourth-order valence-corrected chi connectivity index (χ4v) is 6.19. The van der Waals surface area contributed by atoms with Crippen LogP contribution in [0.4, 0.5) is 0 Å². The SMILES string of the molecule is CSc1ccc2c(c1)C(=O)CC2C(=O)N1CCSCC1(C)N1CCCC1. The number of hydrogen-bond donors (Lipinski definition) is 0. The maximum Gasteiger partial charge on any atom is 0.232 e. The Morgan fingerprint density at radius 3 is 2.77 bits per heavy atom. The smallest absolute Gasteiger partial charge is 0.232 e. The summed E-state index contributed by atoms with van der Waals surface area (Å²) in [5.41, 5.74) is 1.46. The first-order valence-corrected chi connectivity index (χ1v) is 11.8. The van der Waals surface area contributed by atoms with E-state index in [4.69, 9.17) is 0 Å². The summed E-state index contributed by atoms with van der Waals surface area (Å²) in [6.45, 7) is 5.13. The van der Waals surface area contributed by atoms with E-state index in [2.05, 4.69) is 16.7 Å². The summed E-state index contributed by atoms with van der Waals surface area (Å²) < 4.78 is 0. The van der Waals surface area contributed by atoms with Gasteiger partial charge in [0.25, 0.3) is 0 Å². The molecule has 26 heavy (non-hydrogen) atoms. The molecule has 1 aromatic carbocycles. The van der Waals surface area contributed by atoms with Crippen molar-refractivity contribution in [3.05, 3.63) is 29.3 Å². The van der Waals surface area contributed by atoms with Gasteiger partial charge >= 0.3 is 0 Å². The van der Waals surface area contributed by atoms with Gasteiger partial charge in [0, 0.05) is 48.0 Å². The molecule has 2 heterocycles. The van der Waals surface area contributed by atoms with Crippen LogP contribution in [-0.2, 0) is 4.79 Å². The van der Waals surface area contributed by atoms with E-state index in [0.29, 0.717) is 6.42 Å². The zero-order chi connectivity index (χ0) is 18.3. The highest BCUT2D eigenvalue weighted by Crippen LogP contribution is 2.40. The third kappa shape index (κ3) is 3.00. The van der Waals surface area contributed by atoms with Crippen molar-refractivity contribution in [2.75, 3.05) is 37.4 Å². The van der Waals surface area contributed by atoms with Crippen LogP contribution in [0.2, 0.25) is 0 Å². The van der Waals surface area contributed by atoms with E-state index in [-0.39, 0.29) is 23.3 Å². The fraction of sp³-hybridized carbons (Fsp3) is 0.600. The summed E-state index contributed by atoms with van der Waals surface area (Å²) in [5.74, 6) is 1.89. The minimum absolute atomic E-state index is 0.114. The molecule has 4 nitrogen and oxygen atoms in total. The lowest BCUT2D eigenvalue weighted by atomic mass is 9.97. The van der Waals surface area contributed by atoms with Crippen LogP contribution < -0.4 is 0 Å². The average molecular weight is 391 g/mol. The van der Waals surface area contributed by atoms with Crippen LogP contribution in [0.5, 0.6) is 0 Å². The number of carbonyl (C=O) groups excluding carboxylic acids is 2. The second-order valence-corrected chi connectivity index (χ2v) is 9.57. The van der Waals surface area contributed by atoms with Gasteiger partial charge in [-0.3, -0.25) is 14.5 Å². The largest absolute Gasteiger partial charge is 0.322 e. The summed E-state index contributed by atoms with van der Waals surface area (Å²) in [5, 5.41) is 0. The molecule has 1 aromatic rings. The molecule has 1 amide bonds. The molecule has 2 atom stereocenters. The van der Waals surface area contributed by atoms with Gasteiger partial charge in [0.2, 0.25) is 5.91 Å². The molecule has 2 fully saturated rings. The van der Waals surface area contributed by atoms with Crippen molar-refractivity contribution in [1.82, 2.24) is 9.80 Å². The Labute approximate surface area is 164 Å². The highest BCUT2D eigenvalue weighted by molar-refractivity contribution is 7.99. The van der Waals surface area contributed by atoms with Crippen LogP contribution in [-0.4, -0.2) is 64.5 Å². The first-order valence-electron chi connectivity index (χ1n) is 9.40. The number of hydrogen-bond acceptors (Lipinski definition) is 5. The molecule has 0 aromatic heterocycles. The van der Waals surface area contributed by atoms with E-state index in [9.17, 15) is 9.59 Å². The molecule has 0 N–H and O–H groups in total. The first kappa shape index (κ1) is 18.4. The topological polar surface area (TPSA) is 40.6 Å². The Morgan fingerprint density at radius 1 is 1.27 bits per heavy atom. The molecule has 4 rings (SSSR count). The summed E-state index contributed by atoms with van der Waals surface area (Å²) in [7, 11) is 0. The van der Waals surface area contributed by atoms with Crippen molar-refractivity contribution in [3.63, 3.8) is 0 Å². The van der Waals surface area contributed by atoms with Gasteiger partial charge in [0.15, 0.2) is 5.78 Å². The van der Waals surface area contributed by atoms with E-state index in [1.807, 2.05) is 36.2 Å². The maximum atomic E-state index is 13.6. The van der Waals surface area contributed by atoms with Crippen molar-refractivity contribution in [3.8, 4) is 0 Å². The van der Waals surface area contributed by atoms with Crippen molar-refractivity contribution < 1.29 is 9.59 Å². The Morgan fingerprint density at radius 2 is 2.04 bits per heavy atom. The zero-order valence-corrected chi connectivity index (χ0v) is 17.1. The molecular weight excluding hydrogens is 364 g/mol. The normalized spacial score (nSPS) is 29.2. The van der Waals surface area contributed by atoms with Crippen molar-refractivity contribution in [2.45, 2.75) is 42.7 Å². The van der Waals surface area contributed by atoms with E-state index in [1.165, 1.54) is 12.8 Å². The van der Waals surface area contributed by atoms with E-state index in [0.717, 1.165) is 47.2 Å². The van der Waals surface area contributed by atoms with Crippen LogP contribution in [0.15, 0.2) is 23.1 Å². The number of thioether (sulfide) groups is 2. The van der Waals surface area contributed by atoms with Gasteiger partial charge in [0.05, 0.1) is 5.92 Å². The average Bonchev–Trinajstić information content (AvgIpc) is 3.30. The number of amides is 1. The minimum Gasteiger partial charge on any atom is -0.322 e. The van der Waals surface area contributed by atoms with Gasteiger partial charge in [-0.1, -0.05) is 6.07 Å². The predicted molar refractivity (Wildman–Crippen MR) is 108 cm³/mol. The Hall–Kier alpha value is -0.980. The van der Waals surface area contributed by atoms with Gasteiger partial charge in [-0.25, -0.2) is 0 Å². The van der Waals surface area contributed by atoms with Gasteiger partial charge in [0.1, 0.15) is 5.66 Å². The lowest BCUT2D eigenvalue weighted by molar-refractivity contribution is -0.145. The molecular formula is C20H26N2O2S2. The summed E-state index contributed by atoms with van der Waals surface area (Å²) in [6, 6.07) is 6.00. The van der Waals surface area contributed by atoms with E-state index in [1.54, 1.807) is 11.8 Å². The summed E-state index contributed by atoms with van der Waals surface area (Å²) in [4.78, 5) is 31.8. The lowest BCUT2D eigenvalue weighted by Crippen LogP contribution is -2.64. The first-order chi connectivity index (χ1) is 12.5. The third-order valence-corrected chi connectivity index (χ3v) is 8.04. The molecule has 0 saturated carbocycles. The Bertz CT molecular complexity index is 733. The zero-order valence-electron chi connectivity index (χ0n) is 15.5. The highest BCUT2D eigenvalue weighted by Gasteiger charge is 2.47. The predicted octanol–water partition coefficient (Wildman–Crippen LogP) is 3.47. The monoisotopic (exact) mass is 390 g/mol. The van der Waals surface area contributed by atoms with Gasteiger partial charge in [-0.05, 0) is 43.7 Å². The molecule has 2 unspecified atom stereocenters. The molecule has 0 radical (unpaired) electrons. The number of rotatable bonds is 3. The summed E-state index contributed by atoms with van der Waals surface area (Å²) >= 11 is 3.57. The third-order valence-electron chi connectivity index (χ3n) is 6.09. The van der Waals surface area contributed by atoms with E-state index >= 15 is 0 Å². The van der Waals surface area contributed by atoms with Crippen molar-refractivity contribution in [2.24, 2.45) is 0 Å². The van der Waals surface area contributed by atoms with Crippen molar-refractivity contribution in [1.29, 1.82) is 0 Å². The van der Waals surface area contributed by atoms with Crippen LogP contribution in [0.1, 0.15) is 48.0 Å². The Balaban J connectivity index is 1.64. The number of fused-ring (bicyclic) bond motifs is 1. The summed E-state index contributed by atoms with van der Waals surface area (Å²) in [6.07, 6.45) is 4.76. The van der Waals surface area contributed by atoms with Gasteiger partial charge < -0.3 is 4.90 Å². The maximum absolute atomic E-state index is 13.6. The molecule has 1 aliphatic carbocycles. The molecule has 6 heteroatoms. The molecule has 0 spiro atoms. The van der Waals surface area contributed by atoms with Gasteiger partial charge in [-0.15, -0.1) is 11.8 Å². The standard InChI is InChI=1S/C20H26N2O2S2/c1-20(21-7-3-4-8-21)13-26-10-9-22(20)19(24)17-12-18(23)16-11-14(25-2)5-6-15(16)17/h5-6,11,17H,3-4,7-10,12-13H2,1-2H3. The van der Waals surface area contributed by atoms with Crippen molar-refractivity contribution >= 4 is 35.2 Å². The number of Topliss-reactive ketones (excluding diaryl/α,β-unsaturated/α-hetero) is 1. The number of nitrogens with zero attached hydrogens (tertiary/aromatic N) is 2. The second-order valence-electron chi connectivity index (χ2n) is 7.59. The lowest BCUT2D eigenvalue weighted by Gasteiger charge is -2.50. The second kappa shape index (κ2) is 7.21. The number of benzene rings is 1. The molecule has 140 valence electrons. The van der Waals surface area contributed by atoms with Crippen LogP contribution >= 0.6 is 23.5 Å². The minimum atomic E-state index is -0.307. The fourth-order valence-electron chi connectivity index (χ4n) is 4.57. The molecule has 3 aliphatic rings. The number of carbonyl (C=O) groups is 2. The van der Waals surface area contributed by atoms with E-state index < -0.39 is 0 Å². The number of ketones is 1. The highest BCUT2D eigenvalue weighted by atomic mass is 32.2. The van der Waals surface area contributed by atoms with Crippen LogP contribution in [0.3, 0.4) is 0 Å². The molecule has 2 aliphatic heterocycles. The van der Waals surface area contributed by atoms with Gasteiger partial charge in [-0.2, -0.15) is 11.8 Å². The Kier molecular flexibility index (Phi) is 5.10. The van der Waals surface area contributed by atoms with Crippen LogP contribution in [0.25, 0.3) is 0 Å². The number of likely N-dealkylation sites (tertiary alicyclic amines) is 1. The quantitative estimate of drug-likeness (QED) is 0.739. The van der Waals surface area contributed by atoms with Crippen LogP contribution in [0, 0.1) is 0 Å².